The molecule has 0 atom stereocenters. The predicted octanol–water partition coefficient (Wildman–Crippen LogP) is 2.68. The van der Waals surface area contributed by atoms with Gasteiger partial charge in [-0.1, -0.05) is 27.7 Å². The third-order valence-corrected chi connectivity index (χ3v) is 4.67. The summed E-state index contributed by atoms with van der Waals surface area (Å²) >= 11 is 5.38. The molecule has 0 amide bonds. The van der Waals surface area contributed by atoms with E-state index in [1.54, 1.807) is 6.20 Å². The van der Waals surface area contributed by atoms with Gasteiger partial charge in [0.1, 0.15) is 0 Å². The highest BCUT2D eigenvalue weighted by Gasteiger charge is 2.41. The number of nitrogens with one attached hydrogen (secondary N) is 1. The molecule has 1 aliphatic carbocycles. The van der Waals surface area contributed by atoms with E-state index in [0.717, 1.165) is 10.5 Å². The summed E-state index contributed by atoms with van der Waals surface area (Å²) in [7, 11) is 0. The molecule has 1 aromatic heterocycles. The minimum absolute atomic E-state index is 0.581. The Labute approximate surface area is 84.7 Å². The number of halogens is 1. The minimum Gasteiger partial charge on any atom is -0.340 e. The normalized spacial score (nSPS) is 19.4. The monoisotopic (exact) mass is 246 g/mol. The van der Waals surface area contributed by atoms with Crippen molar-refractivity contribution >= 4 is 27.7 Å². The number of H-pyrrole nitrogens is 1. The summed E-state index contributed by atoms with van der Waals surface area (Å²) < 4.78 is 0. The molecular weight excluding hydrogens is 236 g/mol. The quantitative estimate of drug-likeness (QED) is 0.654. The van der Waals surface area contributed by atoms with Gasteiger partial charge in [-0.05, 0) is 18.3 Å². The van der Waals surface area contributed by atoms with E-state index in [2.05, 4.69) is 25.9 Å². The first-order valence-electron chi connectivity index (χ1n) is 4.03. The van der Waals surface area contributed by atoms with Crippen LogP contribution in [0.3, 0.4) is 0 Å². The van der Waals surface area contributed by atoms with Crippen LogP contribution in [0, 0.1) is 5.41 Å². The van der Waals surface area contributed by atoms with Crippen molar-refractivity contribution in [2.45, 2.75) is 18.0 Å². The van der Waals surface area contributed by atoms with E-state index in [1.165, 1.54) is 18.6 Å². The van der Waals surface area contributed by atoms with Crippen molar-refractivity contribution < 1.29 is 0 Å². The van der Waals surface area contributed by atoms with Gasteiger partial charge >= 0.3 is 0 Å². The maximum Gasteiger partial charge on any atom is 0.165 e. The highest BCUT2D eigenvalue weighted by Crippen LogP contribution is 2.49. The number of hydrogen-bond donors (Lipinski definition) is 1. The summed E-state index contributed by atoms with van der Waals surface area (Å²) in [6, 6.07) is 0. The predicted molar refractivity (Wildman–Crippen MR) is 54.8 cm³/mol. The highest BCUT2D eigenvalue weighted by molar-refractivity contribution is 9.09. The summed E-state index contributed by atoms with van der Waals surface area (Å²) in [4.78, 5) is 7.27. The number of aromatic amines is 1. The molecule has 1 saturated carbocycles. The number of nitrogens with zero attached hydrogens (tertiary/aromatic N) is 1. The Morgan fingerprint density at radius 3 is 3.00 bits per heavy atom. The molecule has 1 fully saturated rings. The minimum atomic E-state index is 0.581. The SMILES string of the molecule is BrCC1(CSc2ncc[nH]2)CC1. The third kappa shape index (κ3) is 1.85. The molecule has 2 nitrogen and oxygen atoms in total. The number of alkyl halides is 1. The smallest absolute Gasteiger partial charge is 0.165 e. The van der Waals surface area contributed by atoms with Crippen molar-refractivity contribution in [2.24, 2.45) is 5.41 Å². The van der Waals surface area contributed by atoms with Crippen LogP contribution in [-0.2, 0) is 0 Å². The molecular formula is C8H11BrN2S. The van der Waals surface area contributed by atoms with E-state index in [4.69, 9.17) is 0 Å². The first-order valence-corrected chi connectivity index (χ1v) is 6.14. The van der Waals surface area contributed by atoms with Gasteiger partial charge in [-0.3, -0.25) is 0 Å². The summed E-state index contributed by atoms with van der Waals surface area (Å²) in [5.74, 6) is 1.19. The molecule has 0 aliphatic heterocycles. The van der Waals surface area contributed by atoms with Crippen LogP contribution in [-0.4, -0.2) is 21.1 Å². The molecule has 1 heterocycles. The maximum atomic E-state index is 4.17. The highest BCUT2D eigenvalue weighted by atomic mass is 79.9. The van der Waals surface area contributed by atoms with Gasteiger partial charge in [-0.15, -0.1) is 0 Å². The second-order valence-corrected chi connectivity index (χ2v) is 4.84. The summed E-state index contributed by atoms with van der Waals surface area (Å²) in [5.41, 5.74) is 0.581. The second-order valence-electron chi connectivity index (χ2n) is 3.32. The molecule has 0 spiro atoms. The Balaban J connectivity index is 1.83. The van der Waals surface area contributed by atoms with E-state index >= 15 is 0 Å². The molecule has 1 N–H and O–H groups in total. The number of aromatic nitrogens is 2. The van der Waals surface area contributed by atoms with Crippen LogP contribution in [0.25, 0.3) is 0 Å². The molecule has 2 rings (SSSR count). The third-order valence-electron chi connectivity index (χ3n) is 2.23. The topological polar surface area (TPSA) is 28.7 Å². The van der Waals surface area contributed by atoms with E-state index in [-0.39, 0.29) is 0 Å². The summed E-state index contributed by atoms with van der Waals surface area (Å²) in [6.45, 7) is 0. The average molecular weight is 247 g/mol. The van der Waals surface area contributed by atoms with E-state index in [9.17, 15) is 0 Å². The Morgan fingerprint density at radius 1 is 1.67 bits per heavy atom. The number of rotatable bonds is 4. The van der Waals surface area contributed by atoms with Crippen molar-refractivity contribution in [1.82, 2.24) is 9.97 Å². The van der Waals surface area contributed by atoms with Crippen molar-refractivity contribution in [1.29, 1.82) is 0 Å². The fourth-order valence-corrected chi connectivity index (χ4v) is 3.19. The van der Waals surface area contributed by atoms with Crippen LogP contribution >= 0.6 is 27.7 Å². The van der Waals surface area contributed by atoms with Gasteiger partial charge in [0, 0.05) is 23.5 Å². The molecule has 1 aliphatic rings. The lowest BCUT2D eigenvalue weighted by atomic mass is 10.2. The van der Waals surface area contributed by atoms with Gasteiger partial charge in [-0.2, -0.15) is 0 Å². The van der Waals surface area contributed by atoms with Crippen LogP contribution < -0.4 is 0 Å². The van der Waals surface area contributed by atoms with Crippen LogP contribution in [0.1, 0.15) is 12.8 Å². The number of thioether (sulfide) groups is 1. The Bertz CT molecular complexity index is 244. The van der Waals surface area contributed by atoms with Crippen LogP contribution in [0.4, 0.5) is 0 Å². The molecule has 0 saturated heterocycles. The zero-order chi connectivity index (χ0) is 8.44. The van der Waals surface area contributed by atoms with E-state index in [1.807, 2.05) is 18.0 Å². The van der Waals surface area contributed by atoms with E-state index < -0.39 is 0 Å². The van der Waals surface area contributed by atoms with Gasteiger partial charge < -0.3 is 4.98 Å². The van der Waals surface area contributed by atoms with Gasteiger partial charge in [0.15, 0.2) is 5.16 Å². The van der Waals surface area contributed by atoms with Crippen LogP contribution in [0.15, 0.2) is 17.6 Å². The summed E-state index contributed by atoms with van der Waals surface area (Å²) in [6.07, 6.45) is 6.41. The van der Waals surface area contributed by atoms with Crippen molar-refractivity contribution in [2.75, 3.05) is 11.1 Å². The molecule has 0 radical (unpaired) electrons. The van der Waals surface area contributed by atoms with Gasteiger partial charge in [0.25, 0.3) is 0 Å². The van der Waals surface area contributed by atoms with Crippen LogP contribution in [0.5, 0.6) is 0 Å². The fraction of sp³-hybridized carbons (Fsp3) is 0.625. The van der Waals surface area contributed by atoms with Crippen molar-refractivity contribution in [3.63, 3.8) is 0 Å². The first-order chi connectivity index (χ1) is 5.85. The van der Waals surface area contributed by atoms with Crippen molar-refractivity contribution in [3.8, 4) is 0 Å². The van der Waals surface area contributed by atoms with E-state index in [0.29, 0.717) is 5.41 Å². The lowest BCUT2D eigenvalue weighted by Gasteiger charge is -2.07. The molecule has 0 aromatic carbocycles. The zero-order valence-electron chi connectivity index (χ0n) is 6.72. The molecule has 0 unspecified atom stereocenters. The molecule has 12 heavy (non-hydrogen) atoms. The molecule has 4 heteroatoms. The second kappa shape index (κ2) is 3.42. The lowest BCUT2D eigenvalue weighted by Crippen LogP contribution is -2.05. The fourth-order valence-electron chi connectivity index (χ4n) is 1.04. The lowest BCUT2D eigenvalue weighted by molar-refractivity contribution is 0.685. The zero-order valence-corrected chi connectivity index (χ0v) is 9.12. The summed E-state index contributed by atoms with van der Waals surface area (Å²) in [5, 5.41) is 2.18. The molecule has 66 valence electrons. The average Bonchev–Trinajstić information content (AvgIpc) is 2.70. The van der Waals surface area contributed by atoms with Gasteiger partial charge in [0.05, 0.1) is 0 Å². The Hall–Kier alpha value is 0.0400. The number of hydrogen-bond acceptors (Lipinski definition) is 2. The first kappa shape index (κ1) is 8.63. The Kier molecular flexibility index (Phi) is 2.46. The maximum absolute atomic E-state index is 4.17. The van der Waals surface area contributed by atoms with Crippen molar-refractivity contribution in [3.05, 3.63) is 12.4 Å². The van der Waals surface area contributed by atoms with Gasteiger partial charge in [-0.25, -0.2) is 4.98 Å². The largest absolute Gasteiger partial charge is 0.340 e. The van der Waals surface area contributed by atoms with Gasteiger partial charge in [0.2, 0.25) is 0 Å². The molecule has 0 bridgehead atoms. The standard InChI is InChI=1S/C8H11BrN2S/c9-5-8(1-2-8)6-12-7-10-3-4-11-7/h3-4H,1-2,5-6H2,(H,10,11). The molecule has 1 aromatic rings. The Morgan fingerprint density at radius 2 is 2.50 bits per heavy atom. The number of imidazole rings is 1. The van der Waals surface area contributed by atoms with Crippen LogP contribution in [0.2, 0.25) is 0 Å².